The molecule has 1 atom stereocenters. The van der Waals surface area contributed by atoms with Crippen LogP contribution >= 0.6 is 0 Å². The number of H-pyrrole nitrogens is 1. The van der Waals surface area contributed by atoms with Crippen molar-refractivity contribution >= 4 is 41.6 Å². The summed E-state index contributed by atoms with van der Waals surface area (Å²) in [4.78, 5) is 21.6. The number of carbonyl (C=O) groups is 1. The zero-order valence-corrected chi connectivity index (χ0v) is 14.9. The number of aromatic amines is 1. The van der Waals surface area contributed by atoms with Gasteiger partial charge in [-0.2, -0.15) is 0 Å². The summed E-state index contributed by atoms with van der Waals surface area (Å²) in [5.41, 5.74) is 9.06. The Labute approximate surface area is 157 Å². The summed E-state index contributed by atoms with van der Waals surface area (Å²) >= 11 is 0. The monoisotopic (exact) mass is 363 g/mol. The van der Waals surface area contributed by atoms with Crippen LogP contribution in [-0.4, -0.2) is 47.8 Å². The van der Waals surface area contributed by atoms with Crippen LogP contribution in [0.3, 0.4) is 0 Å². The van der Waals surface area contributed by atoms with E-state index in [2.05, 4.69) is 15.3 Å². The van der Waals surface area contributed by atoms with Crippen molar-refractivity contribution in [3.63, 3.8) is 0 Å². The zero-order valence-electron chi connectivity index (χ0n) is 14.9. The number of nitrogens with two attached hydrogens (primary N) is 1. The highest BCUT2D eigenvalue weighted by Crippen LogP contribution is 2.32. The van der Waals surface area contributed by atoms with Crippen molar-refractivity contribution in [3.05, 3.63) is 47.5 Å². The minimum Gasteiger partial charge on any atom is -0.352 e. The lowest BCUT2D eigenvalue weighted by Gasteiger charge is -2.20. The molecular formula is C19H19BFN5O. The number of halogens is 1. The molecule has 27 heavy (non-hydrogen) atoms. The highest BCUT2D eigenvalue weighted by atomic mass is 19.1. The fourth-order valence-corrected chi connectivity index (χ4v) is 3.44. The van der Waals surface area contributed by atoms with Gasteiger partial charge in [0.05, 0.1) is 23.1 Å². The topological polar surface area (TPSA) is 87.0 Å². The average Bonchev–Trinajstić information content (AvgIpc) is 3.27. The van der Waals surface area contributed by atoms with E-state index in [4.69, 9.17) is 13.6 Å². The quantitative estimate of drug-likeness (QED) is 0.619. The highest BCUT2D eigenvalue weighted by Gasteiger charge is 2.28. The number of carbonyl (C=O) groups excluding carboxylic acids is 1. The molecule has 2 heterocycles. The van der Waals surface area contributed by atoms with Crippen LogP contribution in [-0.2, 0) is 0 Å². The van der Waals surface area contributed by atoms with Crippen LogP contribution in [0.15, 0.2) is 30.6 Å². The molecule has 3 aromatic rings. The lowest BCUT2D eigenvalue weighted by Crippen LogP contribution is -2.32. The molecule has 1 saturated heterocycles. The standard InChI is InChI=1S/C19H19BFN5O/c1-10-6-11(20)2-3-14(10)25-17-13(19(27)26-5-4-12(22)8-26)7-15-18(16(17)21)24-9-23-15/h2-3,6-7,9,12,25H,4-5,8,22H2,1H3,(H,23,24). The maximum absolute atomic E-state index is 15.2. The Bertz CT molecular complexity index is 1030. The predicted octanol–water partition coefficient (Wildman–Crippen LogP) is 1.72. The van der Waals surface area contributed by atoms with Gasteiger partial charge in [-0.05, 0) is 31.0 Å². The SMILES string of the molecule is [B]c1ccc(Nc2c(C(=O)N3CCC(N)C3)cc3[nH]cnc3c2F)c(C)c1. The van der Waals surface area contributed by atoms with Gasteiger partial charge in [0, 0.05) is 24.8 Å². The number of fused-ring (bicyclic) bond motifs is 1. The Morgan fingerprint density at radius 2 is 2.26 bits per heavy atom. The van der Waals surface area contributed by atoms with Crippen molar-refractivity contribution < 1.29 is 9.18 Å². The van der Waals surface area contributed by atoms with Gasteiger partial charge in [0.25, 0.3) is 5.91 Å². The molecule has 1 aromatic heterocycles. The number of hydrogen-bond acceptors (Lipinski definition) is 4. The average molecular weight is 363 g/mol. The Balaban J connectivity index is 1.81. The molecule has 4 rings (SSSR count). The van der Waals surface area contributed by atoms with Gasteiger partial charge in [-0.3, -0.25) is 4.79 Å². The first-order valence-corrected chi connectivity index (χ1v) is 8.77. The van der Waals surface area contributed by atoms with Gasteiger partial charge in [-0.1, -0.05) is 17.6 Å². The Hall–Kier alpha value is -2.87. The molecule has 136 valence electrons. The van der Waals surface area contributed by atoms with Crippen molar-refractivity contribution in [2.24, 2.45) is 5.73 Å². The number of rotatable bonds is 3. The van der Waals surface area contributed by atoms with Gasteiger partial charge >= 0.3 is 0 Å². The molecule has 1 fully saturated rings. The smallest absolute Gasteiger partial charge is 0.256 e. The number of aromatic nitrogens is 2. The van der Waals surface area contributed by atoms with Crippen molar-refractivity contribution in [2.45, 2.75) is 19.4 Å². The van der Waals surface area contributed by atoms with E-state index in [1.54, 1.807) is 29.2 Å². The summed E-state index contributed by atoms with van der Waals surface area (Å²) in [5, 5.41) is 3.07. The largest absolute Gasteiger partial charge is 0.352 e. The third-order valence-electron chi connectivity index (χ3n) is 4.91. The van der Waals surface area contributed by atoms with Gasteiger partial charge in [-0.25, -0.2) is 9.37 Å². The summed E-state index contributed by atoms with van der Waals surface area (Å²) in [7, 11) is 5.80. The highest BCUT2D eigenvalue weighted by molar-refractivity contribution is 6.32. The first kappa shape index (κ1) is 17.5. The maximum atomic E-state index is 15.2. The number of aryl methyl sites for hydroxylation is 1. The molecule has 2 radical (unpaired) electrons. The molecule has 4 N–H and O–H groups in total. The van der Waals surface area contributed by atoms with E-state index < -0.39 is 5.82 Å². The lowest BCUT2D eigenvalue weighted by molar-refractivity contribution is 0.0791. The number of nitrogens with zero attached hydrogens (tertiary/aromatic N) is 2. The normalized spacial score (nSPS) is 16.9. The first-order valence-electron chi connectivity index (χ1n) is 8.77. The molecule has 1 aliphatic rings. The van der Waals surface area contributed by atoms with Crippen LogP contribution < -0.4 is 16.5 Å². The predicted molar refractivity (Wildman–Crippen MR) is 104 cm³/mol. The van der Waals surface area contributed by atoms with Gasteiger partial charge in [-0.15, -0.1) is 0 Å². The van der Waals surface area contributed by atoms with E-state index in [0.29, 0.717) is 29.8 Å². The molecule has 0 saturated carbocycles. The summed E-state index contributed by atoms with van der Waals surface area (Å²) in [6, 6.07) is 6.85. The van der Waals surface area contributed by atoms with E-state index in [9.17, 15) is 4.79 Å². The van der Waals surface area contributed by atoms with E-state index in [1.807, 2.05) is 6.92 Å². The maximum Gasteiger partial charge on any atom is 0.256 e. The molecule has 0 bridgehead atoms. The number of nitrogens with one attached hydrogen (secondary N) is 2. The lowest BCUT2D eigenvalue weighted by atomic mass is 9.94. The van der Waals surface area contributed by atoms with E-state index in [0.717, 1.165) is 12.0 Å². The Morgan fingerprint density at radius 1 is 1.44 bits per heavy atom. The van der Waals surface area contributed by atoms with Crippen molar-refractivity contribution in [1.29, 1.82) is 0 Å². The molecule has 6 nitrogen and oxygen atoms in total. The third-order valence-corrected chi connectivity index (χ3v) is 4.91. The molecule has 8 heteroatoms. The van der Waals surface area contributed by atoms with E-state index in [1.165, 1.54) is 6.33 Å². The number of benzene rings is 2. The van der Waals surface area contributed by atoms with Crippen LogP contribution in [0, 0.1) is 12.7 Å². The first-order chi connectivity index (χ1) is 12.9. The molecule has 0 spiro atoms. The molecule has 1 aliphatic heterocycles. The summed E-state index contributed by atoms with van der Waals surface area (Å²) in [6.07, 6.45) is 2.15. The van der Waals surface area contributed by atoms with Gasteiger partial charge in [0.15, 0.2) is 5.82 Å². The molecular weight excluding hydrogens is 344 g/mol. The van der Waals surface area contributed by atoms with Crippen LogP contribution in [0.1, 0.15) is 22.3 Å². The van der Waals surface area contributed by atoms with Crippen LogP contribution in [0.5, 0.6) is 0 Å². The van der Waals surface area contributed by atoms with Crippen LogP contribution in [0.4, 0.5) is 15.8 Å². The molecule has 2 aromatic carbocycles. The summed E-state index contributed by atoms with van der Waals surface area (Å²) < 4.78 is 15.2. The van der Waals surface area contributed by atoms with Gasteiger partial charge in [0.1, 0.15) is 13.4 Å². The number of hydrogen-bond donors (Lipinski definition) is 3. The fourth-order valence-electron chi connectivity index (χ4n) is 3.44. The second-order valence-electron chi connectivity index (χ2n) is 6.91. The number of likely N-dealkylation sites (tertiary alicyclic amines) is 1. The van der Waals surface area contributed by atoms with E-state index >= 15 is 4.39 Å². The number of anilines is 2. The number of imidazole rings is 1. The Morgan fingerprint density at radius 3 is 2.96 bits per heavy atom. The van der Waals surface area contributed by atoms with Gasteiger partial charge < -0.3 is 20.9 Å². The second kappa shape index (κ2) is 6.70. The van der Waals surface area contributed by atoms with Crippen molar-refractivity contribution in [1.82, 2.24) is 14.9 Å². The minimum absolute atomic E-state index is 0.0505. The summed E-state index contributed by atoms with van der Waals surface area (Å²) in [6.45, 7) is 2.88. The second-order valence-corrected chi connectivity index (χ2v) is 6.91. The fraction of sp³-hybridized carbons (Fsp3) is 0.263. The molecule has 1 unspecified atom stereocenters. The summed E-state index contributed by atoms with van der Waals surface area (Å²) in [5.74, 6) is -0.828. The van der Waals surface area contributed by atoms with Crippen molar-refractivity contribution in [3.8, 4) is 0 Å². The van der Waals surface area contributed by atoms with E-state index in [-0.39, 0.29) is 28.7 Å². The van der Waals surface area contributed by atoms with Crippen molar-refractivity contribution in [2.75, 3.05) is 18.4 Å². The molecule has 0 aliphatic carbocycles. The van der Waals surface area contributed by atoms with Crippen LogP contribution in [0.25, 0.3) is 11.0 Å². The zero-order chi connectivity index (χ0) is 19.1. The minimum atomic E-state index is -0.572. The number of amides is 1. The molecule has 1 amide bonds. The third kappa shape index (κ3) is 3.17. The Kier molecular flexibility index (Phi) is 4.35. The van der Waals surface area contributed by atoms with Crippen LogP contribution in [0.2, 0.25) is 0 Å². The van der Waals surface area contributed by atoms with Gasteiger partial charge in [0.2, 0.25) is 0 Å².